The molecular weight excluding hydrogens is 261 g/mol. The highest BCUT2D eigenvalue weighted by Crippen LogP contribution is 2.42. The molecule has 4 nitrogen and oxygen atoms in total. The minimum Gasteiger partial charge on any atom is -0.480 e. The molecule has 0 atom stereocenters. The van der Waals surface area contributed by atoms with E-state index < -0.39 is 23.1 Å². The van der Waals surface area contributed by atoms with E-state index in [9.17, 15) is 14.0 Å². The summed E-state index contributed by atoms with van der Waals surface area (Å²) in [6.07, 6.45) is 1.28. The van der Waals surface area contributed by atoms with Gasteiger partial charge in [0, 0.05) is 0 Å². The second-order valence-corrected chi connectivity index (χ2v) is 4.73. The highest BCUT2D eigenvalue weighted by Gasteiger charge is 2.51. The molecule has 1 aliphatic rings. The van der Waals surface area contributed by atoms with Gasteiger partial charge >= 0.3 is 5.97 Å². The molecule has 1 aromatic rings. The first kappa shape index (κ1) is 12.8. The van der Waals surface area contributed by atoms with Crippen molar-refractivity contribution in [3.63, 3.8) is 0 Å². The molecule has 1 amide bonds. The maximum absolute atomic E-state index is 13.0. The van der Waals surface area contributed by atoms with E-state index in [0.717, 1.165) is 12.1 Å². The summed E-state index contributed by atoms with van der Waals surface area (Å²) in [6, 6.07) is 3.53. The second-order valence-electron chi connectivity index (χ2n) is 4.32. The number of rotatable bonds is 3. The van der Waals surface area contributed by atoms with Gasteiger partial charge < -0.3 is 10.4 Å². The van der Waals surface area contributed by atoms with Gasteiger partial charge in [-0.05, 0) is 31.0 Å². The Kier molecular flexibility index (Phi) is 3.26. The van der Waals surface area contributed by atoms with Crippen molar-refractivity contribution >= 4 is 29.2 Å². The number of benzene rings is 1. The van der Waals surface area contributed by atoms with Crippen molar-refractivity contribution in [3.05, 3.63) is 29.0 Å². The summed E-state index contributed by atoms with van der Waals surface area (Å²) in [6.45, 7) is 0. The third-order valence-corrected chi connectivity index (χ3v) is 3.56. The molecule has 18 heavy (non-hydrogen) atoms. The minimum absolute atomic E-state index is 0.0918. The van der Waals surface area contributed by atoms with Crippen LogP contribution in [0.25, 0.3) is 0 Å². The molecule has 0 unspecified atom stereocenters. The van der Waals surface area contributed by atoms with Crippen molar-refractivity contribution in [3.8, 4) is 0 Å². The highest BCUT2D eigenvalue weighted by molar-refractivity contribution is 6.33. The zero-order chi connectivity index (χ0) is 13.3. The van der Waals surface area contributed by atoms with E-state index in [1.165, 1.54) is 6.07 Å². The predicted octanol–water partition coefficient (Wildman–Crippen LogP) is 2.67. The fraction of sp³-hybridized carbons (Fsp3) is 0.333. The number of carboxylic acids is 1. The highest BCUT2D eigenvalue weighted by atomic mass is 35.5. The number of carbonyl (C=O) groups is 2. The smallest absolute Gasteiger partial charge is 0.319 e. The molecule has 6 heteroatoms. The van der Waals surface area contributed by atoms with Crippen LogP contribution in [0.2, 0.25) is 5.02 Å². The predicted molar refractivity (Wildman–Crippen MR) is 64.0 cm³/mol. The molecule has 0 spiro atoms. The van der Waals surface area contributed by atoms with Gasteiger partial charge in [0.2, 0.25) is 5.91 Å². The SMILES string of the molecule is O=C(O)C1(C(=O)Nc2cc(F)ccc2Cl)CCC1. The Hall–Kier alpha value is -1.62. The van der Waals surface area contributed by atoms with Crippen LogP contribution in [0, 0.1) is 11.2 Å². The van der Waals surface area contributed by atoms with Crippen molar-refractivity contribution in [2.24, 2.45) is 5.41 Å². The van der Waals surface area contributed by atoms with Crippen LogP contribution in [0.4, 0.5) is 10.1 Å². The van der Waals surface area contributed by atoms with E-state index in [1.54, 1.807) is 0 Å². The molecule has 1 fully saturated rings. The molecule has 1 aromatic carbocycles. The van der Waals surface area contributed by atoms with E-state index in [-0.39, 0.29) is 10.7 Å². The third kappa shape index (κ3) is 2.06. The molecule has 2 rings (SSSR count). The molecule has 0 radical (unpaired) electrons. The summed E-state index contributed by atoms with van der Waals surface area (Å²) in [4.78, 5) is 23.1. The molecule has 2 N–H and O–H groups in total. The van der Waals surface area contributed by atoms with Crippen LogP contribution in [0.15, 0.2) is 18.2 Å². The largest absolute Gasteiger partial charge is 0.480 e. The van der Waals surface area contributed by atoms with Crippen molar-refractivity contribution in [1.29, 1.82) is 0 Å². The average Bonchev–Trinajstić information content (AvgIpc) is 2.21. The van der Waals surface area contributed by atoms with E-state index in [2.05, 4.69) is 5.32 Å². The molecule has 0 aromatic heterocycles. The fourth-order valence-corrected chi connectivity index (χ4v) is 2.07. The van der Waals surface area contributed by atoms with Gasteiger partial charge in [0.05, 0.1) is 10.7 Å². The first-order chi connectivity index (χ1) is 8.45. The second kappa shape index (κ2) is 4.57. The maximum Gasteiger partial charge on any atom is 0.319 e. The lowest BCUT2D eigenvalue weighted by Gasteiger charge is -2.35. The molecule has 0 saturated heterocycles. The Morgan fingerprint density at radius 2 is 2.06 bits per heavy atom. The van der Waals surface area contributed by atoms with Crippen molar-refractivity contribution in [1.82, 2.24) is 0 Å². The number of hydrogen-bond acceptors (Lipinski definition) is 2. The summed E-state index contributed by atoms with van der Waals surface area (Å²) < 4.78 is 13.0. The number of anilines is 1. The summed E-state index contributed by atoms with van der Waals surface area (Å²) in [7, 11) is 0. The van der Waals surface area contributed by atoms with E-state index in [0.29, 0.717) is 19.3 Å². The van der Waals surface area contributed by atoms with Crippen molar-refractivity contribution in [2.45, 2.75) is 19.3 Å². The first-order valence-electron chi connectivity index (χ1n) is 5.45. The lowest BCUT2D eigenvalue weighted by Crippen LogP contribution is -2.48. The van der Waals surface area contributed by atoms with Crippen LogP contribution in [0.5, 0.6) is 0 Å². The van der Waals surface area contributed by atoms with Crippen LogP contribution in [-0.4, -0.2) is 17.0 Å². The molecule has 0 heterocycles. The van der Waals surface area contributed by atoms with E-state index >= 15 is 0 Å². The number of nitrogens with one attached hydrogen (secondary N) is 1. The van der Waals surface area contributed by atoms with Gasteiger partial charge in [-0.2, -0.15) is 0 Å². The van der Waals surface area contributed by atoms with Gasteiger partial charge in [-0.15, -0.1) is 0 Å². The summed E-state index contributed by atoms with van der Waals surface area (Å²) >= 11 is 5.80. The molecule has 0 aliphatic heterocycles. The van der Waals surface area contributed by atoms with Gasteiger partial charge in [-0.1, -0.05) is 18.0 Å². The quantitative estimate of drug-likeness (QED) is 0.831. The topological polar surface area (TPSA) is 66.4 Å². The molecule has 1 saturated carbocycles. The van der Waals surface area contributed by atoms with Gasteiger partial charge in [-0.3, -0.25) is 9.59 Å². The van der Waals surface area contributed by atoms with Gasteiger partial charge in [-0.25, -0.2) is 4.39 Å². The minimum atomic E-state index is -1.39. The molecule has 0 bridgehead atoms. The van der Waals surface area contributed by atoms with Crippen LogP contribution < -0.4 is 5.32 Å². The third-order valence-electron chi connectivity index (χ3n) is 3.23. The zero-order valence-corrected chi connectivity index (χ0v) is 10.1. The van der Waals surface area contributed by atoms with Crippen molar-refractivity contribution in [2.75, 3.05) is 5.32 Å². The van der Waals surface area contributed by atoms with Crippen molar-refractivity contribution < 1.29 is 19.1 Å². The maximum atomic E-state index is 13.0. The Balaban J connectivity index is 2.21. The average molecular weight is 272 g/mol. The number of carbonyl (C=O) groups excluding carboxylic acids is 1. The molecule has 1 aliphatic carbocycles. The lowest BCUT2D eigenvalue weighted by atomic mass is 9.68. The summed E-state index contributed by atoms with van der Waals surface area (Å²) in [5.41, 5.74) is -1.30. The normalized spacial score (nSPS) is 16.8. The standard InChI is InChI=1S/C12H11ClFNO3/c13-8-3-2-7(14)6-9(8)15-10(16)12(11(17)18)4-1-5-12/h2-3,6H,1,4-5H2,(H,15,16)(H,17,18). The monoisotopic (exact) mass is 271 g/mol. The van der Waals surface area contributed by atoms with Crippen LogP contribution >= 0.6 is 11.6 Å². The van der Waals surface area contributed by atoms with Crippen LogP contribution in [0.1, 0.15) is 19.3 Å². The molecule has 96 valence electrons. The number of hydrogen-bond donors (Lipinski definition) is 2. The first-order valence-corrected chi connectivity index (χ1v) is 5.83. The Bertz CT molecular complexity index is 514. The number of carboxylic acid groups (broad SMARTS) is 1. The number of halogens is 2. The Labute approximate surface area is 108 Å². The summed E-state index contributed by atoms with van der Waals surface area (Å²) in [5, 5.41) is 11.6. The Morgan fingerprint density at radius 3 is 2.56 bits per heavy atom. The lowest BCUT2D eigenvalue weighted by molar-refractivity contribution is -0.159. The number of aliphatic carboxylic acids is 1. The van der Waals surface area contributed by atoms with Crippen LogP contribution in [0.3, 0.4) is 0 Å². The van der Waals surface area contributed by atoms with E-state index in [1.807, 2.05) is 0 Å². The van der Waals surface area contributed by atoms with E-state index in [4.69, 9.17) is 16.7 Å². The fourth-order valence-electron chi connectivity index (χ4n) is 1.90. The summed E-state index contributed by atoms with van der Waals surface area (Å²) in [5.74, 6) is -2.35. The molecular formula is C12H11ClFNO3. The van der Waals surface area contributed by atoms with Gasteiger partial charge in [0.15, 0.2) is 0 Å². The van der Waals surface area contributed by atoms with Crippen LogP contribution in [-0.2, 0) is 9.59 Å². The van der Waals surface area contributed by atoms with Gasteiger partial charge in [0.1, 0.15) is 11.2 Å². The zero-order valence-electron chi connectivity index (χ0n) is 9.37. The Morgan fingerprint density at radius 1 is 1.39 bits per heavy atom. The van der Waals surface area contributed by atoms with Gasteiger partial charge in [0.25, 0.3) is 0 Å². The number of amides is 1.